The van der Waals surface area contributed by atoms with Gasteiger partial charge in [-0.25, -0.2) is 0 Å². The highest BCUT2D eigenvalue weighted by Crippen LogP contribution is 2.33. The van der Waals surface area contributed by atoms with Gasteiger partial charge in [0.15, 0.2) is 0 Å². The van der Waals surface area contributed by atoms with E-state index >= 15 is 0 Å². The van der Waals surface area contributed by atoms with Crippen molar-refractivity contribution in [2.75, 3.05) is 5.32 Å². The SMILES string of the molecule is CC(C)Oc1ccc(NC(=O)c2ccccc2C(F)(F)F)cc1Cl. The predicted molar refractivity (Wildman–Crippen MR) is 86.6 cm³/mol. The maximum absolute atomic E-state index is 13.0. The van der Waals surface area contributed by atoms with Crippen molar-refractivity contribution in [1.82, 2.24) is 0 Å². The van der Waals surface area contributed by atoms with E-state index in [9.17, 15) is 18.0 Å². The van der Waals surface area contributed by atoms with Gasteiger partial charge in [-0.3, -0.25) is 4.79 Å². The number of alkyl halides is 3. The summed E-state index contributed by atoms with van der Waals surface area (Å²) in [6, 6.07) is 9.07. The van der Waals surface area contributed by atoms with E-state index in [4.69, 9.17) is 16.3 Å². The molecule has 0 heterocycles. The van der Waals surface area contributed by atoms with Gasteiger partial charge in [0.2, 0.25) is 0 Å². The molecule has 0 atom stereocenters. The van der Waals surface area contributed by atoms with Crippen LogP contribution in [0.1, 0.15) is 29.8 Å². The van der Waals surface area contributed by atoms with Crippen molar-refractivity contribution in [3.63, 3.8) is 0 Å². The fourth-order valence-corrected chi connectivity index (χ4v) is 2.28. The third kappa shape index (κ3) is 4.41. The molecule has 0 aliphatic rings. The molecule has 0 fully saturated rings. The van der Waals surface area contributed by atoms with Crippen LogP contribution in [0.4, 0.5) is 18.9 Å². The Morgan fingerprint density at radius 2 is 1.83 bits per heavy atom. The second-order valence-electron chi connectivity index (χ2n) is 5.31. The minimum atomic E-state index is -4.61. The van der Waals surface area contributed by atoms with Crippen molar-refractivity contribution in [2.45, 2.75) is 26.1 Å². The van der Waals surface area contributed by atoms with E-state index in [0.29, 0.717) is 5.75 Å². The van der Waals surface area contributed by atoms with Gasteiger partial charge in [0.25, 0.3) is 5.91 Å². The smallest absolute Gasteiger partial charge is 0.417 e. The molecule has 128 valence electrons. The van der Waals surface area contributed by atoms with Crippen molar-refractivity contribution < 1.29 is 22.7 Å². The van der Waals surface area contributed by atoms with E-state index in [1.54, 1.807) is 6.07 Å². The molecular formula is C17H15ClF3NO2. The minimum Gasteiger partial charge on any atom is -0.489 e. The molecule has 0 spiro atoms. The highest BCUT2D eigenvalue weighted by molar-refractivity contribution is 6.32. The lowest BCUT2D eigenvalue weighted by atomic mass is 10.1. The van der Waals surface area contributed by atoms with Crippen molar-refractivity contribution in [3.05, 3.63) is 58.6 Å². The third-order valence-electron chi connectivity index (χ3n) is 3.03. The number of ether oxygens (including phenoxy) is 1. The number of rotatable bonds is 4. The van der Waals surface area contributed by atoms with E-state index in [1.165, 1.54) is 24.3 Å². The zero-order valence-corrected chi connectivity index (χ0v) is 13.7. The highest BCUT2D eigenvalue weighted by Gasteiger charge is 2.34. The van der Waals surface area contributed by atoms with Crippen LogP contribution in [0.3, 0.4) is 0 Å². The lowest BCUT2D eigenvalue weighted by Crippen LogP contribution is -2.18. The molecule has 2 rings (SSSR count). The molecule has 7 heteroatoms. The van der Waals surface area contributed by atoms with Gasteiger partial charge in [0, 0.05) is 5.69 Å². The van der Waals surface area contributed by atoms with Crippen LogP contribution in [-0.2, 0) is 6.18 Å². The Balaban J connectivity index is 2.24. The average molecular weight is 358 g/mol. The first-order valence-corrected chi connectivity index (χ1v) is 7.50. The molecule has 0 saturated heterocycles. The van der Waals surface area contributed by atoms with Crippen LogP contribution >= 0.6 is 11.6 Å². The van der Waals surface area contributed by atoms with Gasteiger partial charge in [-0.1, -0.05) is 23.7 Å². The van der Waals surface area contributed by atoms with Gasteiger partial charge in [0.05, 0.1) is 22.3 Å². The van der Waals surface area contributed by atoms with Crippen molar-refractivity contribution >= 4 is 23.2 Å². The molecule has 1 amide bonds. The van der Waals surface area contributed by atoms with Crippen LogP contribution in [0, 0.1) is 0 Å². The summed E-state index contributed by atoms with van der Waals surface area (Å²) in [7, 11) is 0. The Bertz CT molecular complexity index is 745. The number of carbonyl (C=O) groups excluding carboxylic acids is 1. The average Bonchev–Trinajstić information content (AvgIpc) is 2.49. The Morgan fingerprint density at radius 1 is 1.17 bits per heavy atom. The number of benzene rings is 2. The Kier molecular flexibility index (Phi) is 5.39. The van der Waals surface area contributed by atoms with E-state index in [2.05, 4.69) is 5.32 Å². The van der Waals surface area contributed by atoms with Crippen LogP contribution in [0.25, 0.3) is 0 Å². The molecule has 0 aliphatic heterocycles. The van der Waals surface area contributed by atoms with Crippen molar-refractivity contribution in [2.24, 2.45) is 0 Å². The molecule has 0 aromatic heterocycles. The summed E-state index contributed by atoms with van der Waals surface area (Å²) >= 11 is 6.05. The molecule has 2 aromatic carbocycles. The molecule has 3 nitrogen and oxygen atoms in total. The largest absolute Gasteiger partial charge is 0.489 e. The first kappa shape index (κ1) is 18.1. The summed E-state index contributed by atoms with van der Waals surface area (Å²) < 4.78 is 44.4. The minimum absolute atomic E-state index is 0.0818. The second-order valence-corrected chi connectivity index (χ2v) is 5.72. The van der Waals surface area contributed by atoms with Crippen molar-refractivity contribution in [1.29, 1.82) is 0 Å². The van der Waals surface area contributed by atoms with Gasteiger partial charge in [-0.05, 0) is 44.2 Å². The second kappa shape index (κ2) is 7.13. The predicted octanol–water partition coefficient (Wildman–Crippen LogP) is 5.40. The molecule has 2 aromatic rings. The van der Waals surface area contributed by atoms with Gasteiger partial charge in [-0.2, -0.15) is 13.2 Å². The molecule has 0 unspecified atom stereocenters. The van der Waals surface area contributed by atoms with Crippen LogP contribution in [0.5, 0.6) is 5.75 Å². The maximum atomic E-state index is 13.0. The number of hydrogen-bond donors (Lipinski definition) is 1. The fraction of sp³-hybridized carbons (Fsp3) is 0.235. The number of carbonyl (C=O) groups is 1. The first-order valence-electron chi connectivity index (χ1n) is 7.12. The van der Waals surface area contributed by atoms with Gasteiger partial charge >= 0.3 is 6.18 Å². The number of anilines is 1. The Labute approximate surface area is 142 Å². The molecule has 1 N–H and O–H groups in total. The zero-order valence-electron chi connectivity index (χ0n) is 12.9. The van der Waals surface area contributed by atoms with E-state index in [1.807, 2.05) is 13.8 Å². The van der Waals surface area contributed by atoms with Crippen LogP contribution in [0.15, 0.2) is 42.5 Å². The summed E-state index contributed by atoms with van der Waals surface area (Å²) in [4.78, 5) is 12.2. The normalized spacial score (nSPS) is 11.5. The topological polar surface area (TPSA) is 38.3 Å². The standard InChI is InChI=1S/C17H15ClF3NO2/c1-10(2)24-15-8-7-11(9-14(15)18)22-16(23)12-5-3-4-6-13(12)17(19,20)21/h3-10H,1-2H3,(H,22,23). The van der Waals surface area contributed by atoms with E-state index < -0.39 is 23.2 Å². The number of hydrogen-bond acceptors (Lipinski definition) is 2. The van der Waals surface area contributed by atoms with Gasteiger partial charge in [-0.15, -0.1) is 0 Å². The van der Waals surface area contributed by atoms with Crippen molar-refractivity contribution in [3.8, 4) is 5.75 Å². The summed E-state index contributed by atoms with van der Waals surface area (Å²) in [5.41, 5.74) is -1.17. The summed E-state index contributed by atoms with van der Waals surface area (Å²) in [5.74, 6) is -0.433. The van der Waals surface area contributed by atoms with Gasteiger partial charge in [0.1, 0.15) is 5.75 Å². The summed E-state index contributed by atoms with van der Waals surface area (Å²) in [6.45, 7) is 3.67. The Morgan fingerprint density at radius 3 is 2.42 bits per heavy atom. The molecule has 0 aliphatic carbocycles. The summed E-state index contributed by atoms with van der Waals surface area (Å²) in [5, 5.41) is 2.67. The third-order valence-corrected chi connectivity index (χ3v) is 3.32. The summed E-state index contributed by atoms with van der Waals surface area (Å²) in [6.07, 6.45) is -4.69. The van der Waals surface area contributed by atoms with Crippen LogP contribution in [0.2, 0.25) is 5.02 Å². The number of halogens is 4. The Hall–Kier alpha value is -2.21. The van der Waals surface area contributed by atoms with E-state index in [-0.39, 0.29) is 16.8 Å². The molecule has 0 bridgehead atoms. The first-order chi connectivity index (χ1) is 11.2. The monoisotopic (exact) mass is 357 g/mol. The fourth-order valence-electron chi connectivity index (χ4n) is 2.05. The lowest BCUT2D eigenvalue weighted by molar-refractivity contribution is -0.137. The van der Waals surface area contributed by atoms with E-state index in [0.717, 1.165) is 12.1 Å². The molecular weight excluding hydrogens is 343 g/mol. The number of nitrogens with one attached hydrogen (secondary N) is 1. The van der Waals surface area contributed by atoms with Crippen LogP contribution < -0.4 is 10.1 Å². The molecule has 0 saturated carbocycles. The lowest BCUT2D eigenvalue weighted by Gasteiger charge is -2.14. The van der Waals surface area contributed by atoms with Crippen LogP contribution in [-0.4, -0.2) is 12.0 Å². The number of amides is 1. The molecule has 24 heavy (non-hydrogen) atoms. The quantitative estimate of drug-likeness (QED) is 0.795. The van der Waals surface area contributed by atoms with Gasteiger partial charge < -0.3 is 10.1 Å². The maximum Gasteiger partial charge on any atom is 0.417 e. The molecule has 0 radical (unpaired) electrons. The highest BCUT2D eigenvalue weighted by atomic mass is 35.5. The zero-order chi connectivity index (χ0) is 17.9.